The van der Waals surface area contributed by atoms with Gasteiger partial charge >= 0.3 is 5.97 Å². The minimum atomic E-state index is -0.270. The summed E-state index contributed by atoms with van der Waals surface area (Å²) >= 11 is 5.91. The number of benzene rings is 1. The standard InChI is InChI=1S/C12H12ClNO2/c1-2-16-12(15)9-3-7-5-10(13)11(14)6-8(7)4-9/h3,5-6H,2,4,14H2,1H3. The van der Waals surface area contributed by atoms with E-state index in [0.29, 0.717) is 29.3 Å². The number of carbonyl (C=O) groups is 1. The summed E-state index contributed by atoms with van der Waals surface area (Å²) in [5.41, 5.74) is 8.86. The monoisotopic (exact) mass is 237 g/mol. The topological polar surface area (TPSA) is 52.3 Å². The molecule has 1 aromatic carbocycles. The lowest BCUT2D eigenvalue weighted by Crippen LogP contribution is -2.07. The molecule has 0 amide bonds. The number of nitrogens with two attached hydrogens (primary N) is 1. The summed E-state index contributed by atoms with van der Waals surface area (Å²) in [5.74, 6) is -0.270. The summed E-state index contributed by atoms with van der Waals surface area (Å²) in [6.45, 7) is 2.17. The number of halogens is 1. The van der Waals surface area contributed by atoms with Crippen LogP contribution in [-0.2, 0) is 16.0 Å². The van der Waals surface area contributed by atoms with Gasteiger partial charge in [0.05, 0.1) is 17.3 Å². The van der Waals surface area contributed by atoms with Crippen LogP contribution < -0.4 is 5.73 Å². The van der Waals surface area contributed by atoms with Crippen LogP contribution in [0.25, 0.3) is 6.08 Å². The Morgan fingerprint density at radius 1 is 1.56 bits per heavy atom. The number of ether oxygens (including phenoxy) is 1. The van der Waals surface area contributed by atoms with E-state index in [2.05, 4.69) is 0 Å². The fourth-order valence-electron chi connectivity index (χ4n) is 1.74. The van der Waals surface area contributed by atoms with Gasteiger partial charge in [-0.3, -0.25) is 0 Å². The maximum Gasteiger partial charge on any atom is 0.334 e. The van der Waals surface area contributed by atoms with Crippen LogP contribution in [0.15, 0.2) is 17.7 Å². The number of esters is 1. The molecule has 1 aliphatic carbocycles. The summed E-state index contributed by atoms with van der Waals surface area (Å²) in [6, 6.07) is 3.58. The van der Waals surface area contributed by atoms with Crippen molar-refractivity contribution in [3.63, 3.8) is 0 Å². The van der Waals surface area contributed by atoms with E-state index in [1.54, 1.807) is 25.1 Å². The third-order valence-corrected chi connectivity index (χ3v) is 2.83. The Bertz CT molecular complexity index is 480. The van der Waals surface area contributed by atoms with Gasteiger partial charge in [0, 0.05) is 12.0 Å². The molecule has 16 heavy (non-hydrogen) atoms. The van der Waals surface area contributed by atoms with Gasteiger partial charge in [0.1, 0.15) is 0 Å². The van der Waals surface area contributed by atoms with E-state index in [4.69, 9.17) is 22.1 Å². The van der Waals surface area contributed by atoms with Crippen molar-refractivity contribution in [2.75, 3.05) is 12.3 Å². The molecule has 1 aromatic rings. The van der Waals surface area contributed by atoms with E-state index < -0.39 is 0 Å². The van der Waals surface area contributed by atoms with Gasteiger partial charge in [0.25, 0.3) is 0 Å². The lowest BCUT2D eigenvalue weighted by atomic mass is 10.1. The van der Waals surface area contributed by atoms with Gasteiger partial charge in [-0.15, -0.1) is 0 Å². The number of anilines is 1. The van der Waals surface area contributed by atoms with Crippen molar-refractivity contribution in [3.05, 3.63) is 33.9 Å². The largest absolute Gasteiger partial charge is 0.463 e. The highest BCUT2D eigenvalue weighted by Crippen LogP contribution is 2.31. The lowest BCUT2D eigenvalue weighted by molar-refractivity contribution is -0.138. The van der Waals surface area contributed by atoms with E-state index in [9.17, 15) is 4.79 Å². The maximum absolute atomic E-state index is 11.5. The highest BCUT2D eigenvalue weighted by molar-refractivity contribution is 6.33. The van der Waals surface area contributed by atoms with Crippen LogP contribution in [0.5, 0.6) is 0 Å². The number of fused-ring (bicyclic) bond motifs is 1. The fraction of sp³-hybridized carbons (Fsp3) is 0.250. The molecule has 0 bridgehead atoms. The molecule has 4 heteroatoms. The van der Waals surface area contributed by atoms with Crippen molar-refractivity contribution in [3.8, 4) is 0 Å². The third-order valence-electron chi connectivity index (χ3n) is 2.51. The molecule has 0 unspecified atom stereocenters. The van der Waals surface area contributed by atoms with Crippen LogP contribution in [0, 0.1) is 0 Å². The second-order valence-electron chi connectivity index (χ2n) is 3.64. The van der Waals surface area contributed by atoms with Crippen molar-refractivity contribution in [2.24, 2.45) is 0 Å². The summed E-state index contributed by atoms with van der Waals surface area (Å²) in [4.78, 5) is 11.5. The molecule has 1 aliphatic rings. The molecular weight excluding hydrogens is 226 g/mol. The summed E-state index contributed by atoms with van der Waals surface area (Å²) in [6.07, 6.45) is 2.37. The molecule has 0 saturated heterocycles. The van der Waals surface area contributed by atoms with Crippen LogP contribution in [-0.4, -0.2) is 12.6 Å². The zero-order chi connectivity index (χ0) is 11.7. The average molecular weight is 238 g/mol. The van der Waals surface area contributed by atoms with Crippen molar-refractivity contribution in [1.29, 1.82) is 0 Å². The van der Waals surface area contributed by atoms with Gasteiger partial charge in [-0.25, -0.2) is 4.79 Å². The molecule has 3 nitrogen and oxygen atoms in total. The second-order valence-corrected chi connectivity index (χ2v) is 4.05. The number of nitrogen functional groups attached to an aromatic ring is 1. The minimum absolute atomic E-state index is 0.270. The number of rotatable bonds is 2. The highest BCUT2D eigenvalue weighted by Gasteiger charge is 2.20. The Kier molecular flexibility index (Phi) is 2.88. The first-order valence-corrected chi connectivity index (χ1v) is 5.45. The van der Waals surface area contributed by atoms with Gasteiger partial charge in [-0.05, 0) is 36.3 Å². The SMILES string of the molecule is CCOC(=O)C1=Cc2cc(Cl)c(N)cc2C1. The van der Waals surface area contributed by atoms with Gasteiger partial charge in [-0.2, -0.15) is 0 Å². The lowest BCUT2D eigenvalue weighted by Gasteiger charge is -2.03. The number of hydrogen-bond acceptors (Lipinski definition) is 3. The second kappa shape index (κ2) is 4.18. The highest BCUT2D eigenvalue weighted by atomic mass is 35.5. The van der Waals surface area contributed by atoms with Crippen LogP contribution >= 0.6 is 11.6 Å². The predicted molar refractivity (Wildman–Crippen MR) is 64.2 cm³/mol. The van der Waals surface area contributed by atoms with Crippen molar-refractivity contribution >= 4 is 29.3 Å². The Labute approximate surface area is 98.8 Å². The average Bonchev–Trinajstić information content (AvgIpc) is 2.62. The number of carbonyl (C=O) groups excluding carboxylic acids is 1. The zero-order valence-electron chi connectivity index (χ0n) is 8.92. The summed E-state index contributed by atoms with van der Waals surface area (Å²) in [5, 5.41) is 0.514. The molecule has 2 N–H and O–H groups in total. The normalized spacial score (nSPS) is 13.2. The molecule has 0 saturated carbocycles. The van der Waals surface area contributed by atoms with Crippen LogP contribution in [0.3, 0.4) is 0 Å². The van der Waals surface area contributed by atoms with Crippen LogP contribution in [0.1, 0.15) is 18.1 Å². The third kappa shape index (κ3) is 1.91. The molecule has 0 aromatic heterocycles. The van der Waals surface area contributed by atoms with Crippen molar-refractivity contribution in [2.45, 2.75) is 13.3 Å². The molecule has 2 rings (SSSR count). The minimum Gasteiger partial charge on any atom is -0.463 e. The summed E-state index contributed by atoms with van der Waals surface area (Å²) in [7, 11) is 0. The van der Waals surface area contributed by atoms with Crippen molar-refractivity contribution in [1.82, 2.24) is 0 Å². The first-order chi connectivity index (χ1) is 7.61. The van der Waals surface area contributed by atoms with Gasteiger partial charge in [0.15, 0.2) is 0 Å². The Morgan fingerprint density at radius 3 is 3.00 bits per heavy atom. The van der Waals surface area contributed by atoms with E-state index in [-0.39, 0.29) is 5.97 Å². The molecule has 0 heterocycles. The fourth-order valence-corrected chi connectivity index (χ4v) is 1.91. The zero-order valence-corrected chi connectivity index (χ0v) is 9.67. The van der Waals surface area contributed by atoms with Gasteiger partial charge < -0.3 is 10.5 Å². The molecule has 0 aliphatic heterocycles. The molecule has 0 radical (unpaired) electrons. The smallest absolute Gasteiger partial charge is 0.334 e. The predicted octanol–water partition coefficient (Wildman–Crippen LogP) is 2.42. The molecular formula is C12H12ClNO2. The molecule has 0 fully saturated rings. The molecule has 0 atom stereocenters. The van der Waals surface area contributed by atoms with Crippen LogP contribution in [0.2, 0.25) is 5.02 Å². The van der Waals surface area contributed by atoms with Crippen LogP contribution in [0.4, 0.5) is 5.69 Å². The first-order valence-electron chi connectivity index (χ1n) is 5.07. The number of hydrogen-bond donors (Lipinski definition) is 1. The van der Waals surface area contributed by atoms with E-state index in [1.807, 2.05) is 0 Å². The van der Waals surface area contributed by atoms with E-state index >= 15 is 0 Å². The van der Waals surface area contributed by atoms with Gasteiger partial charge in [0.2, 0.25) is 0 Å². The molecule has 0 spiro atoms. The Balaban J connectivity index is 2.28. The van der Waals surface area contributed by atoms with Crippen molar-refractivity contribution < 1.29 is 9.53 Å². The van der Waals surface area contributed by atoms with E-state index in [1.165, 1.54) is 0 Å². The maximum atomic E-state index is 11.5. The Morgan fingerprint density at radius 2 is 2.31 bits per heavy atom. The van der Waals surface area contributed by atoms with Gasteiger partial charge in [-0.1, -0.05) is 11.6 Å². The first kappa shape index (κ1) is 11.0. The Hall–Kier alpha value is -1.48. The van der Waals surface area contributed by atoms with E-state index in [0.717, 1.165) is 11.1 Å². The summed E-state index contributed by atoms with van der Waals surface area (Å²) < 4.78 is 4.95. The quantitative estimate of drug-likeness (QED) is 0.635. The molecule has 84 valence electrons.